The molecule has 3 N–H and O–H groups in total. The molecular weight excluding hydrogens is 117 g/mol. The largest absolute Gasteiger partial charge is 0.480 e. The molecule has 42 valence electrons. The highest BCUT2D eigenvalue weighted by atomic mass is 35.5. The number of carboxylic acids is 1. The second kappa shape index (κ2) is 2.82. The van der Waals surface area contributed by atoms with Crippen LogP contribution in [0, 0.1) is 0 Å². The summed E-state index contributed by atoms with van der Waals surface area (Å²) in [5.74, 6) is -1.81. The summed E-state index contributed by atoms with van der Waals surface area (Å²) in [5, 5.41) is 8.04. The molecule has 1 atom stereocenters. The fraction of sp³-hybridized carbons (Fsp3) is 0.667. The van der Waals surface area contributed by atoms with E-state index in [2.05, 4.69) is 0 Å². The zero-order valence-corrected chi connectivity index (χ0v) is 4.27. The van der Waals surface area contributed by atoms with Crippen LogP contribution in [0.5, 0.6) is 0 Å². The monoisotopic (exact) mass is 125 g/mol. The van der Waals surface area contributed by atoms with Crippen LogP contribution in [-0.4, -0.2) is 23.0 Å². The molecule has 0 aromatic heterocycles. The molecule has 0 aliphatic rings. The molecule has 0 spiro atoms. The van der Waals surface area contributed by atoms with E-state index >= 15 is 0 Å². The average Bonchev–Trinajstić information content (AvgIpc) is 1.67. The van der Waals surface area contributed by atoms with Crippen molar-refractivity contribution >= 4 is 17.6 Å². The summed E-state index contributed by atoms with van der Waals surface area (Å²) < 4.78 is 6.68. The van der Waals surface area contributed by atoms with Gasteiger partial charge in [-0.25, -0.2) is 0 Å². The van der Waals surface area contributed by atoms with Gasteiger partial charge in [-0.1, -0.05) is 0 Å². The van der Waals surface area contributed by atoms with Crippen LogP contribution < -0.4 is 5.73 Å². The van der Waals surface area contributed by atoms with E-state index in [1.165, 1.54) is 0 Å². The second-order valence-corrected chi connectivity index (χ2v) is 1.23. The quantitative estimate of drug-likeness (QED) is 0.496. The van der Waals surface area contributed by atoms with Crippen molar-refractivity contribution in [2.75, 3.05) is 5.88 Å². The lowest BCUT2D eigenvalue weighted by atomic mass is 10.4. The lowest BCUT2D eigenvalue weighted by Gasteiger charge is -1.95. The number of rotatable bonds is 2. The highest BCUT2D eigenvalue weighted by Crippen LogP contribution is 1.80. The smallest absolute Gasteiger partial charge is 0.321 e. The Labute approximate surface area is 47.5 Å². The number of hydrogen-bond acceptors (Lipinski definition) is 2. The van der Waals surface area contributed by atoms with E-state index in [9.17, 15) is 4.79 Å². The van der Waals surface area contributed by atoms with Gasteiger partial charge in [-0.2, -0.15) is 0 Å². The molecule has 0 rings (SSSR count). The Hall–Kier alpha value is -0.280. The molecule has 0 aliphatic carbocycles. The van der Waals surface area contributed by atoms with Gasteiger partial charge in [-0.05, 0) is 0 Å². The van der Waals surface area contributed by atoms with Crippen molar-refractivity contribution in [2.45, 2.75) is 6.02 Å². The number of carbonyl (C=O) groups is 1. The Morgan fingerprint density at radius 3 is 2.71 bits per heavy atom. The van der Waals surface area contributed by atoms with Gasteiger partial charge in [0.25, 0.3) is 0 Å². The van der Waals surface area contributed by atoms with Gasteiger partial charge in [0.15, 0.2) is 0 Å². The number of halogens is 1. The summed E-state index contributed by atoms with van der Waals surface area (Å²) in [7, 11) is 0. The van der Waals surface area contributed by atoms with Crippen molar-refractivity contribution in [3.05, 3.63) is 0 Å². The van der Waals surface area contributed by atoms with Gasteiger partial charge < -0.3 is 10.8 Å². The molecule has 0 fully saturated rings. The zero-order chi connectivity index (χ0) is 6.78. The highest BCUT2D eigenvalue weighted by Gasteiger charge is 2.07. The van der Waals surface area contributed by atoms with Crippen LogP contribution >= 0.6 is 11.6 Å². The van der Waals surface area contributed by atoms with E-state index in [0.29, 0.717) is 0 Å². The van der Waals surface area contributed by atoms with E-state index in [4.69, 9.17) is 23.8 Å². The van der Waals surface area contributed by atoms with Crippen LogP contribution in [0.15, 0.2) is 0 Å². The minimum atomic E-state index is -2.03. The molecule has 0 saturated heterocycles. The normalized spacial score (nSPS) is 20.0. The Bertz CT molecular complexity index is 105. The SMILES string of the molecule is [3H][C@](N)(CCl)C(=O)O. The second-order valence-electron chi connectivity index (χ2n) is 0.964. The van der Waals surface area contributed by atoms with Gasteiger partial charge in [0, 0.05) is 5.88 Å². The first-order chi connectivity index (χ1) is 3.50. The van der Waals surface area contributed by atoms with Gasteiger partial charge in [0.2, 0.25) is 0 Å². The Morgan fingerprint density at radius 2 is 2.71 bits per heavy atom. The van der Waals surface area contributed by atoms with E-state index in [1.54, 1.807) is 0 Å². The van der Waals surface area contributed by atoms with Crippen molar-refractivity contribution in [3.8, 4) is 0 Å². The average molecular weight is 126 g/mol. The van der Waals surface area contributed by atoms with Gasteiger partial charge in [-0.15, -0.1) is 11.6 Å². The van der Waals surface area contributed by atoms with Crippen molar-refractivity contribution in [1.29, 1.82) is 0 Å². The topological polar surface area (TPSA) is 63.3 Å². The number of nitrogens with two attached hydrogens (primary N) is 1. The number of carboxylic acid groups (broad SMARTS) is 1. The lowest BCUT2D eigenvalue weighted by molar-refractivity contribution is -0.137. The Kier molecular flexibility index (Phi) is 1.96. The molecule has 0 amide bonds. The standard InChI is InChI=1S/C3H6ClNO2/c4-1-2(5)3(6)7/h2H,1,5H2,(H,6,7)/t2-/m0/s1/i2T. The maximum atomic E-state index is 9.86. The molecule has 0 radical (unpaired) electrons. The van der Waals surface area contributed by atoms with Crippen LogP contribution in [0.3, 0.4) is 0 Å². The molecule has 0 bridgehead atoms. The van der Waals surface area contributed by atoms with Gasteiger partial charge in [0.05, 0.1) is 1.37 Å². The summed E-state index contributed by atoms with van der Waals surface area (Å²) in [6, 6.07) is -2.03. The molecule has 0 unspecified atom stereocenters. The molecule has 0 aliphatic heterocycles. The first-order valence-corrected chi connectivity index (χ1v) is 2.12. The maximum absolute atomic E-state index is 9.86. The highest BCUT2D eigenvalue weighted by molar-refractivity contribution is 6.19. The molecule has 7 heavy (non-hydrogen) atoms. The zero-order valence-electron chi connectivity index (χ0n) is 4.52. The van der Waals surface area contributed by atoms with E-state index in [-0.39, 0.29) is 0 Å². The number of aliphatic carboxylic acids is 1. The van der Waals surface area contributed by atoms with E-state index in [0.717, 1.165) is 0 Å². The van der Waals surface area contributed by atoms with Crippen molar-refractivity contribution < 1.29 is 11.3 Å². The Morgan fingerprint density at radius 1 is 2.29 bits per heavy atom. The van der Waals surface area contributed by atoms with E-state index in [1.807, 2.05) is 0 Å². The van der Waals surface area contributed by atoms with Gasteiger partial charge in [-0.3, -0.25) is 4.79 Å². The third kappa shape index (κ3) is 2.42. The number of alkyl halides is 1. The summed E-state index contributed by atoms with van der Waals surface area (Å²) in [6.45, 7) is 0. The molecule has 0 aromatic carbocycles. The van der Waals surface area contributed by atoms with Crippen molar-refractivity contribution in [3.63, 3.8) is 0 Å². The molecule has 3 nitrogen and oxygen atoms in total. The van der Waals surface area contributed by atoms with Crippen LogP contribution in [0.1, 0.15) is 1.37 Å². The van der Waals surface area contributed by atoms with Crippen LogP contribution in [0.4, 0.5) is 0 Å². The van der Waals surface area contributed by atoms with Crippen LogP contribution in [0.2, 0.25) is 0 Å². The third-order valence-corrected chi connectivity index (χ3v) is 0.707. The lowest BCUT2D eigenvalue weighted by Crippen LogP contribution is -2.31. The number of hydrogen-bond donors (Lipinski definition) is 2. The van der Waals surface area contributed by atoms with Crippen molar-refractivity contribution in [2.24, 2.45) is 5.73 Å². The molecule has 4 heteroatoms. The summed E-state index contributed by atoms with van der Waals surface area (Å²) in [5.41, 5.74) is 4.79. The fourth-order valence-corrected chi connectivity index (χ4v) is 0.171. The Balaban J connectivity index is 3.91. The predicted octanol–water partition coefficient (Wildman–Crippen LogP) is -0.363. The first-order valence-electron chi connectivity index (χ1n) is 2.09. The molecule has 0 saturated carbocycles. The third-order valence-electron chi connectivity index (χ3n) is 0.419. The molecular formula is C3H6ClNO2. The minimum Gasteiger partial charge on any atom is -0.480 e. The van der Waals surface area contributed by atoms with Gasteiger partial charge >= 0.3 is 5.97 Å². The molecule has 0 aromatic rings. The predicted molar refractivity (Wildman–Crippen MR) is 26.3 cm³/mol. The van der Waals surface area contributed by atoms with Crippen LogP contribution in [0.25, 0.3) is 0 Å². The van der Waals surface area contributed by atoms with Crippen molar-refractivity contribution in [1.82, 2.24) is 0 Å². The minimum absolute atomic E-state index is 0.400. The molecule has 0 heterocycles. The van der Waals surface area contributed by atoms with Gasteiger partial charge in [0.1, 0.15) is 6.02 Å². The maximum Gasteiger partial charge on any atom is 0.321 e. The fourth-order valence-electron chi connectivity index (χ4n) is 0.0572. The summed E-state index contributed by atoms with van der Waals surface area (Å²) >= 11 is 4.99. The van der Waals surface area contributed by atoms with E-state index < -0.39 is 17.9 Å². The van der Waals surface area contributed by atoms with Crippen LogP contribution in [-0.2, 0) is 4.79 Å². The summed E-state index contributed by atoms with van der Waals surface area (Å²) in [4.78, 5) is 9.86. The first kappa shape index (κ1) is 4.87. The summed E-state index contributed by atoms with van der Waals surface area (Å²) in [6.07, 6.45) is 0.